The lowest BCUT2D eigenvalue weighted by Crippen LogP contribution is -2.04. The topological polar surface area (TPSA) is 52.1 Å². The van der Waals surface area contributed by atoms with Crippen LogP contribution < -0.4 is 4.74 Å². The van der Waals surface area contributed by atoms with E-state index < -0.39 is 0 Å². The molecule has 5 heteroatoms. The van der Waals surface area contributed by atoms with Gasteiger partial charge < -0.3 is 4.74 Å². The Bertz CT molecular complexity index is 1130. The molecule has 0 radical (unpaired) electrons. The molecule has 0 atom stereocenters. The van der Waals surface area contributed by atoms with Gasteiger partial charge >= 0.3 is 0 Å². The molecule has 0 N–H and O–H groups in total. The van der Waals surface area contributed by atoms with Crippen molar-refractivity contribution < 1.29 is 9.53 Å². The number of carbonyl (C=O) groups is 1. The van der Waals surface area contributed by atoms with E-state index in [0.29, 0.717) is 29.4 Å². The maximum absolute atomic E-state index is 12.5. The summed E-state index contributed by atoms with van der Waals surface area (Å²) in [5.41, 5.74) is 3.20. The molecule has 0 saturated heterocycles. The summed E-state index contributed by atoms with van der Waals surface area (Å²) >= 11 is 6.33. The van der Waals surface area contributed by atoms with Crippen molar-refractivity contribution in [3.63, 3.8) is 0 Å². The Hall–Kier alpha value is -3.24. The Morgan fingerprint density at radius 1 is 0.964 bits per heavy atom. The van der Waals surface area contributed by atoms with E-state index in [-0.39, 0.29) is 5.78 Å². The highest BCUT2D eigenvalue weighted by atomic mass is 35.5. The average molecular weight is 389 g/mol. The summed E-state index contributed by atoms with van der Waals surface area (Å²) in [5, 5.41) is 1.49. The maximum Gasteiger partial charge on any atom is 0.167 e. The number of nitrogens with zero attached hydrogens (tertiary/aromatic N) is 2. The van der Waals surface area contributed by atoms with Crippen molar-refractivity contribution in [1.82, 2.24) is 9.97 Å². The summed E-state index contributed by atoms with van der Waals surface area (Å²) < 4.78 is 5.81. The molecule has 0 aliphatic heterocycles. The first-order valence-electron chi connectivity index (χ1n) is 8.88. The predicted octanol–water partition coefficient (Wildman–Crippen LogP) is 5.29. The van der Waals surface area contributed by atoms with Gasteiger partial charge in [-0.1, -0.05) is 35.9 Å². The highest BCUT2D eigenvalue weighted by molar-refractivity contribution is 6.32. The molecule has 0 aliphatic carbocycles. The second-order valence-corrected chi connectivity index (χ2v) is 6.79. The van der Waals surface area contributed by atoms with Crippen molar-refractivity contribution in [2.45, 2.75) is 13.0 Å². The number of para-hydroxylation sites is 1. The number of pyridine rings is 2. The first kappa shape index (κ1) is 18.1. The molecule has 0 fully saturated rings. The molecule has 2 aromatic carbocycles. The SMILES string of the molecule is O=C(Cc1ccncc1)c1ccc(OCc2ccc3ccccc3n2)c(Cl)c1. The zero-order chi connectivity index (χ0) is 19.3. The van der Waals surface area contributed by atoms with Crippen LogP contribution in [0.15, 0.2) is 79.1 Å². The minimum Gasteiger partial charge on any atom is -0.486 e. The second-order valence-electron chi connectivity index (χ2n) is 6.38. The summed E-state index contributed by atoms with van der Waals surface area (Å²) in [5.74, 6) is 0.521. The first-order valence-corrected chi connectivity index (χ1v) is 9.26. The molecule has 0 aliphatic rings. The summed E-state index contributed by atoms with van der Waals surface area (Å²) in [6.07, 6.45) is 3.65. The number of ether oxygens (including phenoxy) is 1. The standard InChI is InChI=1S/C23H17ClN2O2/c24-20-14-18(22(27)13-16-9-11-25-12-10-16)6-8-23(20)28-15-19-7-5-17-3-1-2-4-21(17)26-19/h1-12,14H,13,15H2. The van der Waals surface area contributed by atoms with Gasteiger partial charge in [-0.05, 0) is 48.0 Å². The van der Waals surface area contributed by atoms with E-state index in [1.807, 2.05) is 48.5 Å². The van der Waals surface area contributed by atoms with E-state index in [0.717, 1.165) is 22.2 Å². The highest BCUT2D eigenvalue weighted by Crippen LogP contribution is 2.27. The fraction of sp³-hybridized carbons (Fsp3) is 0.0870. The number of benzene rings is 2. The largest absolute Gasteiger partial charge is 0.486 e. The van der Waals surface area contributed by atoms with Crippen molar-refractivity contribution >= 4 is 28.3 Å². The van der Waals surface area contributed by atoms with Crippen LogP contribution in [0.1, 0.15) is 21.6 Å². The smallest absolute Gasteiger partial charge is 0.167 e. The van der Waals surface area contributed by atoms with Crippen LogP contribution in [-0.2, 0) is 13.0 Å². The minimum absolute atomic E-state index is 0.00385. The van der Waals surface area contributed by atoms with Gasteiger partial charge in [-0.25, -0.2) is 4.98 Å². The average Bonchev–Trinajstić information content (AvgIpc) is 2.73. The predicted molar refractivity (Wildman–Crippen MR) is 110 cm³/mol. The van der Waals surface area contributed by atoms with E-state index >= 15 is 0 Å². The van der Waals surface area contributed by atoms with Crippen molar-refractivity contribution in [3.05, 3.63) is 101 Å². The number of hydrogen-bond acceptors (Lipinski definition) is 4. The van der Waals surface area contributed by atoms with Crippen molar-refractivity contribution in [2.24, 2.45) is 0 Å². The van der Waals surface area contributed by atoms with E-state index in [2.05, 4.69) is 9.97 Å². The second kappa shape index (κ2) is 8.19. The van der Waals surface area contributed by atoms with Crippen LogP contribution in [0.4, 0.5) is 0 Å². The number of ketones is 1. The van der Waals surface area contributed by atoms with Gasteiger partial charge in [0.15, 0.2) is 5.78 Å². The Morgan fingerprint density at radius 3 is 2.61 bits per heavy atom. The maximum atomic E-state index is 12.5. The number of aromatic nitrogens is 2. The molecular formula is C23H17ClN2O2. The molecule has 4 nitrogen and oxygen atoms in total. The fourth-order valence-corrected chi connectivity index (χ4v) is 3.15. The Morgan fingerprint density at radius 2 is 1.79 bits per heavy atom. The lowest BCUT2D eigenvalue weighted by atomic mass is 10.0. The third-order valence-corrected chi connectivity index (χ3v) is 4.69. The van der Waals surface area contributed by atoms with Crippen LogP contribution >= 0.6 is 11.6 Å². The van der Waals surface area contributed by atoms with Gasteiger partial charge in [0.25, 0.3) is 0 Å². The molecule has 2 heterocycles. The summed E-state index contributed by atoms with van der Waals surface area (Å²) in [6.45, 7) is 0.300. The van der Waals surface area contributed by atoms with Crippen molar-refractivity contribution in [1.29, 1.82) is 0 Å². The van der Waals surface area contributed by atoms with Crippen molar-refractivity contribution in [2.75, 3.05) is 0 Å². The van der Waals surface area contributed by atoms with Crippen LogP contribution in [0.25, 0.3) is 10.9 Å². The molecule has 4 aromatic rings. The summed E-state index contributed by atoms with van der Waals surface area (Å²) in [6, 6.07) is 20.6. The third-order valence-electron chi connectivity index (χ3n) is 4.40. The number of halogens is 1. The number of Topliss-reactive ketones (excluding diaryl/α,β-unsaturated/α-hetero) is 1. The Labute approximate surface area is 167 Å². The number of hydrogen-bond donors (Lipinski definition) is 0. The number of fused-ring (bicyclic) bond motifs is 1. The van der Waals surface area contributed by atoms with E-state index in [9.17, 15) is 4.79 Å². The van der Waals surface area contributed by atoms with Crippen LogP contribution in [0, 0.1) is 0 Å². The van der Waals surface area contributed by atoms with Gasteiger partial charge in [0.2, 0.25) is 0 Å². The molecule has 4 rings (SSSR count). The lowest BCUT2D eigenvalue weighted by molar-refractivity contribution is 0.0993. The van der Waals surface area contributed by atoms with E-state index in [1.165, 1.54) is 0 Å². The van der Waals surface area contributed by atoms with Gasteiger partial charge in [0, 0.05) is 29.8 Å². The summed E-state index contributed by atoms with van der Waals surface area (Å²) in [4.78, 5) is 21.0. The number of rotatable bonds is 6. The minimum atomic E-state index is -0.00385. The molecule has 0 bridgehead atoms. The zero-order valence-electron chi connectivity index (χ0n) is 15.0. The van der Waals surface area contributed by atoms with Crippen LogP contribution in [-0.4, -0.2) is 15.8 Å². The molecule has 28 heavy (non-hydrogen) atoms. The van der Waals surface area contributed by atoms with Gasteiger partial charge in [0.05, 0.1) is 16.2 Å². The molecule has 0 saturated carbocycles. The molecule has 0 unspecified atom stereocenters. The summed E-state index contributed by atoms with van der Waals surface area (Å²) in [7, 11) is 0. The molecule has 138 valence electrons. The van der Waals surface area contributed by atoms with Crippen LogP contribution in [0.5, 0.6) is 5.75 Å². The zero-order valence-corrected chi connectivity index (χ0v) is 15.8. The van der Waals surface area contributed by atoms with E-state index in [4.69, 9.17) is 16.3 Å². The monoisotopic (exact) mass is 388 g/mol. The highest BCUT2D eigenvalue weighted by Gasteiger charge is 2.11. The van der Waals surface area contributed by atoms with Gasteiger partial charge in [0.1, 0.15) is 12.4 Å². The van der Waals surface area contributed by atoms with Crippen LogP contribution in [0.3, 0.4) is 0 Å². The quantitative estimate of drug-likeness (QED) is 0.421. The Kier molecular flexibility index (Phi) is 5.31. The van der Waals surface area contributed by atoms with Gasteiger partial charge in [-0.15, -0.1) is 0 Å². The third kappa shape index (κ3) is 4.18. The Balaban J connectivity index is 1.44. The van der Waals surface area contributed by atoms with Gasteiger partial charge in [-0.2, -0.15) is 0 Å². The fourth-order valence-electron chi connectivity index (χ4n) is 2.92. The molecule has 0 amide bonds. The normalized spacial score (nSPS) is 10.8. The lowest BCUT2D eigenvalue weighted by Gasteiger charge is -2.10. The molecule has 0 spiro atoms. The van der Waals surface area contributed by atoms with Crippen LogP contribution in [0.2, 0.25) is 5.02 Å². The number of carbonyl (C=O) groups excluding carboxylic acids is 1. The molecular weight excluding hydrogens is 372 g/mol. The van der Waals surface area contributed by atoms with Gasteiger partial charge in [-0.3, -0.25) is 9.78 Å². The van der Waals surface area contributed by atoms with Crippen molar-refractivity contribution in [3.8, 4) is 5.75 Å². The first-order chi connectivity index (χ1) is 13.7. The molecule has 2 aromatic heterocycles. The van der Waals surface area contributed by atoms with E-state index in [1.54, 1.807) is 30.6 Å².